The second-order valence-electron chi connectivity index (χ2n) is 10.5. The van der Waals surface area contributed by atoms with Gasteiger partial charge in [0.05, 0.1) is 27.3 Å². The van der Waals surface area contributed by atoms with Crippen LogP contribution in [0.1, 0.15) is 38.2 Å². The summed E-state index contributed by atoms with van der Waals surface area (Å²) < 4.78 is 3.92. The maximum atomic E-state index is 14.5. The van der Waals surface area contributed by atoms with Crippen molar-refractivity contribution in [3.8, 4) is 0 Å². The summed E-state index contributed by atoms with van der Waals surface area (Å²) >= 11 is 8.14. The molecule has 1 aromatic rings. The number of halogens is 1. The van der Waals surface area contributed by atoms with Gasteiger partial charge in [0.2, 0.25) is 5.91 Å². The minimum atomic E-state index is -0.900. The zero-order valence-corrected chi connectivity index (χ0v) is 22.8. The Labute approximate surface area is 226 Å². The number of para-hydroxylation sites is 1. The number of thioether (sulfide) groups is 1. The van der Waals surface area contributed by atoms with Crippen molar-refractivity contribution >= 4 is 46.8 Å². The summed E-state index contributed by atoms with van der Waals surface area (Å²) in [7, 11) is 0. The molecule has 37 heavy (non-hydrogen) atoms. The van der Waals surface area contributed by atoms with Gasteiger partial charge in [0.1, 0.15) is 12.6 Å². The van der Waals surface area contributed by atoms with Crippen molar-refractivity contribution in [3.63, 3.8) is 0 Å². The number of hydrogen-bond donors (Lipinski definition) is 1. The molecule has 0 saturated carbocycles. The van der Waals surface area contributed by atoms with Crippen LogP contribution in [0.5, 0.6) is 0 Å². The fraction of sp³-hybridized carbons (Fsp3) is 0.536. The lowest BCUT2D eigenvalue weighted by Crippen LogP contribution is -2.53. The number of nitrogens with zero attached hydrogens (tertiary/aromatic N) is 2. The van der Waals surface area contributed by atoms with E-state index in [1.807, 2.05) is 50.3 Å². The van der Waals surface area contributed by atoms with Crippen molar-refractivity contribution in [2.24, 2.45) is 11.8 Å². The second-order valence-corrected chi connectivity index (χ2v) is 12.7. The number of fused-ring (bicyclic) bond motifs is 2. The van der Waals surface area contributed by atoms with E-state index >= 15 is 0 Å². The third-order valence-corrected chi connectivity index (χ3v) is 10.2. The molecule has 2 fully saturated rings. The third kappa shape index (κ3) is 4.21. The Morgan fingerprint density at radius 3 is 2.62 bits per heavy atom. The Morgan fingerprint density at radius 1 is 1.08 bits per heavy atom. The van der Waals surface area contributed by atoms with Gasteiger partial charge in [0.15, 0.2) is 0 Å². The lowest BCUT2D eigenvalue weighted by molar-refractivity contribution is -0.152. The number of aryl methyl sites for hydroxylation is 1. The van der Waals surface area contributed by atoms with Crippen molar-refractivity contribution in [1.29, 1.82) is 0 Å². The van der Waals surface area contributed by atoms with E-state index in [-0.39, 0.29) is 31.0 Å². The van der Waals surface area contributed by atoms with Gasteiger partial charge >= 0.3 is 5.97 Å². The maximum absolute atomic E-state index is 14.5. The van der Waals surface area contributed by atoms with E-state index in [0.717, 1.165) is 18.4 Å². The zero-order chi connectivity index (χ0) is 26.4. The molecule has 1 N–H and O–H groups in total. The normalized spacial score (nSPS) is 32.6. The average molecular weight is 545 g/mol. The number of amides is 2. The number of hydrogen-bond acceptors (Lipinski definition) is 6. The second kappa shape index (κ2) is 10.1. The molecule has 5 atom stereocenters. The molecule has 4 aliphatic rings. The van der Waals surface area contributed by atoms with Crippen LogP contribution >= 0.6 is 23.4 Å². The number of benzene rings is 1. The molecule has 0 radical (unpaired) electrons. The molecule has 1 unspecified atom stereocenters. The highest BCUT2D eigenvalue weighted by atomic mass is 35.5. The van der Waals surface area contributed by atoms with Crippen LogP contribution in [0.25, 0.3) is 0 Å². The number of aliphatic hydroxyl groups is 1. The highest BCUT2D eigenvalue weighted by Crippen LogP contribution is 2.65. The summed E-state index contributed by atoms with van der Waals surface area (Å²) in [6.07, 6.45) is 10.9. The quantitative estimate of drug-likeness (QED) is 0.318. The van der Waals surface area contributed by atoms with Crippen LogP contribution in [0, 0.1) is 18.8 Å². The first-order valence-electron chi connectivity index (χ1n) is 13.0. The number of ether oxygens (including phenoxy) is 1. The van der Waals surface area contributed by atoms with Crippen LogP contribution in [0.4, 0.5) is 5.69 Å². The van der Waals surface area contributed by atoms with Gasteiger partial charge in [-0.25, -0.2) is 0 Å². The molecule has 1 aromatic carbocycles. The van der Waals surface area contributed by atoms with E-state index in [2.05, 4.69) is 0 Å². The van der Waals surface area contributed by atoms with Crippen LogP contribution in [0.15, 0.2) is 42.5 Å². The Morgan fingerprint density at radius 2 is 1.86 bits per heavy atom. The Balaban J connectivity index is 1.59. The van der Waals surface area contributed by atoms with Gasteiger partial charge in [0, 0.05) is 24.4 Å². The topological polar surface area (TPSA) is 87.2 Å². The first-order valence-corrected chi connectivity index (χ1v) is 14.1. The molecule has 0 aromatic heterocycles. The fourth-order valence-corrected chi connectivity index (χ4v) is 8.99. The van der Waals surface area contributed by atoms with Crippen molar-refractivity contribution in [1.82, 2.24) is 4.90 Å². The summed E-state index contributed by atoms with van der Waals surface area (Å²) in [5.41, 5.74) is 1.53. The number of rotatable bonds is 7. The molecular formula is C28H33ClN2O5S. The number of esters is 1. The van der Waals surface area contributed by atoms with Gasteiger partial charge in [-0.2, -0.15) is 0 Å². The summed E-state index contributed by atoms with van der Waals surface area (Å²) in [4.78, 5) is 45.3. The molecule has 5 rings (SSSR count). The number of cyclic esters (lactones) is 1. The summed E-state index contributed by atoms with van der Waals surface area (Å²) in [6, 6.07) is 4.78. The number of carbonyl (C=O) groups excluding carboxylic acids is 3. The van der Waals surface area contributed by atoms with E-state index in [0.29, 0.717) is 36.6 Å². The summed E-state index contributed by atoms with van der Waals surface area (Å²) in [6.45, 7) is 4.96. The lowest BCUT2D eigenvalue weighted by Gasteiger charge is -2.37. The number of anilines is 1. The fourth-order valence-electron chi connectivity index (χ4n) is 6.51. The first-order chi connectivity index (χ1) is 17.7. The predicted molar refractivity (Wildman–Crippen MR) is 145 cm³/mol. The molecule has 0 bridgehead atoms. The minimum absolute atomic E-state index is 0.137. The Bertz CT molecular complexity index is 1150. The van der Waals surface area contributed by atoms with Crippen molar-refractivity contribution in [2.75, 3.05) is 31.2 Å². The molecule has 4 heterocycles. The van der Waals surface area contributed by atoms with E-state index in [1.54, 1.807) is 27.6 Å². The van der Waals surface area contributed by atoms with Gasteiger partial charge in [-0.05, 0) is 44.4 Å². The largest absolute Gasteiger partial charge is 0.461 e. The lowest BCUT2D eigenvalue weighted by atomic mass is 9.75. The van der Waals surface area contributed by atoms with Crippen molar-refractivity contribution in [3.05, 3.63) is 53.1 Å². The van der Waals surface area contributed by atoms with E-state index in [1.165, 1.54) is 0 Å². The molecule has 1 spiro atoms. The van der Waals surface area contributed by atoms with Gasteiger partial charge in [-0.15, -0.1) is 11.8 Å². The highest BCUT2D eigenvalue weighted by molar-refractivity contribution is 8.02. The third-order valence-electron chi connectivity index (χ3n) is 8.08. The number of unbranched alkanes of at least 4 members (excludes halogenated alkanes) is 3. The van der Waals surface area contributed by atoms with Crippen molar-refractivity contribution < 1.29 is 24.2 Å². The molecule has 0 aliphatic carbocycles. The Kier molecular flexibility index (Phi) is 7.20. The van der Waals surface area contributed by atoms with Gasteiger partial charge in [-0.1, -0.05) is 54.8 Å². The molecule has 198 valence electrons. The van der Waals surface area contributed by atoms with Crippen LogP contribution in [-0.2, 0) is 19.1 Å². The van der Waals surface area contributed by atoms with Gasteiger partial charge in [0.25, 0.3) is 5.91 Å². The Hall–Kier alpha value is -2.29. The molecule has 2 amide bonds. The molecule has 4 aliphatic heterocycles. The van der Waals surface area contributed by atoms with E-state index in [9.17, 15) is 14.4 Å². The summed E-state index contributed by atoms with van der Waals surface area (Å²) in [5, 5.41) is 9.61. The smallest absolute Gasteiger partial charge is 0.311 e. The predicted octanol–water partition coefficient (Wildman–Crippen LogP) is 3.90. The van der Waals surface area contributed by atoms with Crippen LogP contribution in [0.2, 0.25) is 5.02 Å². The van der Waals surface area contributed by atoms with Crippen molar-refractivity contribution in [2.45, 2.75) is 55.1 Å². The summed E-state index contributed by atoms with van der Waals surface area (Å²) in [5.74, 6) is -2.12. The number of carbonyl (C=O) groups is 3. The highest BCUT2D eigenvalue weighted by Gasteiger charge is 2.74. The average Bonchev–Trinajstić information content (AvgIpc) is 3.10. The van der Waals surface area contributed by atoms with Gasteiger partial charge < -0.3 is 19.6 Å². The van der Waals surface area contributed by atoms with E-state index < -0.39 is 27.4 Å². The number of likely N-dealkylation sites (tertiary alicyclic amines) is 1. The molecule has 7 nitrogen and oxygen atoms in total. The van der Waals surface area contributed by atoms with Crippen LogP contribution in [0.3, 0.4) is 0 Å². The minimum Gasteiger partial charge on any atom is -0.461 e. The molecule has 2 saturated heterocycles. The first kappa shape index (κ1) is 26.3. The zero-order valence-electron chi connectivity index (χ0n) is 21.2. The van der Waals surface area contributed by atoms with Crippen LogP contribution < -0.4 is 4.90 Å². The maximum Gasteiger partial charge on any atom is 0.311 e. The van der Waals surface area contributed by atoms with Crippen LogP contribution in [-0.4, -0.2) is 69.6 Å². The van der Waals surface area contributed by atoms with Gasteiger partial charge in [-0.3, -0.25) is 14.4 Å². The van der Waals surface area contributed by atoms with E-state index in [4.69, 9.17) is 21.4 Å². The molecule has 9 heteroatoms. The standard InChI is InChI=1S/C28H33ClN2O5S/c1-18-10-7-11-19(29)22(18)30-15-8-13-28-20(21-26(35)36-17-9-12-27(21,2)37-28)24(33)31(23(28)25(30)34)14-5-3-4-6-16-32/h7-13,20-21,23,32H,3-6,14-17H2,1-2H3/t20-,21-,23?,27+,28-/m0/s1. The number of aliphatic hydroxyl groups excluding tert-OH is 1. The molecular weight excluding hydrogens is 512 g/mol. The SMILES string of the molecule is Cc1cccc(Cl)c1N1CC=C[C@]23S[C@]4(C)C=CCOC(=O)[C@@H]4[C@H]2C(=O)N(CCCCCCO)C3C1=O. The monoisotopic (exact) mass is 544 g/mol.